The van der Waals surface area contributed by atoms with Crippen molar-refractivity contribution in [2.24, 2.45) is 0 Å². The molecule has 1 aromatic rings. The van der Waals surface area contributed by atoms with Gasteiger partial charge in [0.25, 0.3) is 5.88 Å². The molecule has 0 radical (unpaired) electrons. The molecule has 25 heavy (non-hydrogen) atoms. The highest BCUT2D eigenvalue weighted by Gasteiger charge is 2.30. The van der Waals surface area contributed by atoms with E-state index in [0.717, 1.165) is 32.1 Å². The van der Waals surface area contributed by atoms with Crippen molar-refractivity contribution >= 4 is 11.5 Å². The average molecular weight is 344 g/mol. The second-order valence-electron chi connectivity index (χ2n) is 5.79. The number of ether oxygens (including phenoxy) is 1. The van der Waals surface area contributed by atoms with E-state index in [4.69, 9.17) is 15.3 Å². The quantitative estimate of drug-likeness (QED) is 0.520. The standard InChI is InChI=1S/C16H20N6O3/c17-8-4-10-21(11-5-9-18)15-14(22(23)24)16(20-12-19-15)25-13-6-2-1-3-7-13/h12-13H,1-7,10-11H2. The predicted octanol–water partition coefficient (Wildman–Crippen LogP) is 2.73. The first-order valence-electron chi connectivity index (χ1n) is 8.32. The summed E-state index contributed by atoms with van der Waals surface area (Å²) in [7, 11) is 0. The van der Waals surface area contributed by atoms with Gasteiger partial charge in [0.2, 0.25) is 5.82 Å². The Hall–Kier alpha value is -2.94. The SMILES string of the molecule is N#CCCN(CCC#N)c1ncnc(OC2CCCCC2)c1[N+](=O)[O-]. The van der Waals surface area contributed by atoms with E-state index in [-0.39, 0.29) is 49.4 Å². The van der Waals surface area contributed by atoms with E-state index in [2.05, 4.69) is 9.97 Å². The van der Waals surface area contributed by atoms with E-state index in [1.807, 2.05) is 12.1 Å². The summed E-state index contributed by atoms with van der Waals surface area (Å²) in [5.74, 6) is 0.0529. The van der Waals surface area contributed by atoms with Crippen molar-refractivity contribution in [1.82, 2.24) is 9.97 Å². The second-order valence-corrected chi connectivity index (χ2v) is 5.79. The van der Waals surface area contributed by atoms with Crippen LogP contribution in [0.25, 0.3) is 0 Å². The Bertz CT molecular complexity index is 657. The van der Waals surface area contributed by atoms with Gasteiger partial charge in [0, 0.05) is 13.1 Å². The molecule has 0 aliphatic heterocycles. The molecule has 1 saturated carbocycles. The van der Waals surface area contributed by atoms with Crippen molar-refractivity contribution in [1.29, 1.82) is 10.5 Å². The molecule has 1 fully saturated rings. The lowest BCUT2D eigenvalue weighted by Crippen LogP contribution is -2.28. The molecule has 1 aliphatic carbocycles. The Labute approximate surface area is 146 Å². The fourth-order valence-electron chi connectivity index (χ4n) is 2.87. The van der Waals surface area contributed by atoms with Gasteiger partial charge in [0.1, 0.15) is 12.4 Å². The highest BCUT2D eigenvalue weighted by Crippen LogP contribution is 2.35. The molecule has 0 bridgehead atoms. The zero-order valence-electron chi connectivity index (χ0n) is 13.9. The molecule has 132 valence electrons. The third-order valence-corrected chi connectivity index (χ3v) is 4.07. The van der Waals surface area contributed by atoms with Gasteiger partial charge in [0.15, 0.2) is 0 Å². The van der Waals surface area contributed by atoms with Crippen molar-refractivity contribution < 1.29 is 9.66 Å². The van der Waals surface area contributed by atoms with Crippen LogP contribution in [0, 0.1) is 32.8 Å². The number of hydrogen-bond acceptors (Lipinski definition) is 8. The van der Waals surface area contributed by atoms with Crippen LogP contribution in [0.15, 0.2) is 6.33 Å². The molecule has 0 unspecified atom stereocenters. The summed E-state index contributed by atoms with van der Waals surface area (Å²) in [6, 6.07) is 4.01. The molecule has 0 saturated heterocycles. The number of nitro groups is 1. The number of aromatic nitrogens is 2. The first-order valence-corrected chi connectivity index (χ1v) is 8.32. The van der Waals surface area contributed by atoms with Gasteiger partial charge in [-0.1, -0.05) is 6.42 Å². The zero-order valence-corrected chi connectivity index (χ0v) is 13.9. The topological polar surface area (TPSA) is 129 Å². The highest BCUT2D eigenvalue weighted by atomic mass is 16.6. The number of hydrogen-bond donors (Lipinski definition) is 0. The molecule has 1 heterocycles. The summed E-state index contributed by atoms with van der Waals surface area (Å²) in [6.45, 7) is 0.498. The molecule has 1 aliphatic rings. The van der Waals surface area contributed by atoms with Crippen LogP contribution in [0.5, 0.6) is 5.88 Å². The third-order valence-electron chi connectivity index (χ3n) is 4.07. The number of nitriles is 2. The van der Waals surface area contributed by atoms with Crippen LogP contribution in [0.4, 0.5) is 11.5 Å². The summed E-state index contributed by atoms with van der Waals surface area (Å²) in [5, 5.41) is 29.2. The van der Waals surface area contributed by atoms with Crippen molar-refractivity contribution in [3.8, 4) is 18.0 Å². The normalized spacial score (nSPS) is 14.3. The van der Waals surface area contributed by atoms with Gasteiger partial charge in [-0.2, -0.15) is 15.5 Å². The van der Waals surface area contributed by atoms with Crippen LogP contribution in [0.3, 0.4) is 0 Å². The van der Waals surface area contributed by atoms with E-state index in [1.54, 1.807) is 4.90 Å². The van der Waals surface area contributed by atoms with E-state index in [1.165, 1.54) is 6.33 Å². The second kappa shape index (κ2) is 9.38. The number of anilines is 1. The molecule has 0 aromatic carbocycles. The minimum Gasteiger partial charge on any atom is -0.469 e. The van der Waals surface area contributed by atoms with Crippen LogP contribution in [0.2, 0.25) is 0 Å². The minimum atomic E-state index is -0.556. The first kappa shape index (κ1) is 18.4. The Morgan fingerprint density at radius 2 is 1.84 bits per heavy atom. The van der Waals surface area contributed by atoms with Gasteiger partial charge in [-0.3, -0.25) is 10.1 Å². The van der Waals surface area contributed by atoms with E-state index < -0.39 is 4.92 Å². The Balaban J connectivity index is 2.31. The smallest absolute Gasteiger partial charge is 0.372 e. The molecule has 0 spiro atoms. The van der Waals surface area contributed by atoms with Gasteiger partial charge < -0.3 is 9.64 Å². The summed E-state index contributed by atoms with van der Waals surface area (Å²) < 4.78 is 5.80. The molecular weight excluding hydrogens is 324 g/mol. The summed E-state index contributed by atoms with van der Waals surface area (Å²) in [5.41, 5.74) is -0.302. The molecule has 2 rings (SSSR count). The molecule has 9 nitrogen and oxygen atoms in total. The molecule has 0 amide bonds. The molecule has 9 heteroatoms. The third kappa shape index (κ3) is 5.01. The van der Waals surface area contributed by atoms with Crippen LogP contribution >= 0.6 is 0 Å². The van der Waals surface area contributed by atoms with Gasteiger partial charge in [0.05, 0.1) is 29.9 Å². The van der Waals surface area contributed by atoms with Crippen molar-refractivity contribution in [3.63, 3.8) is 0 Å². The van der Waals surface area contributed by atoms with Gasteiger partial charge in [-0.15, -0.1) is 0 Å². The zero-order chi connectivity index (χ0) is 18.1. The Morgan fingerprint density at radius 1 is 1.20 bits per heavy atom. The largest absolute Gasteiger partial charge is 0.469 e. The summed E-state index contributed by atoms with van der Waals surface area (Å²) in [6.07, 6.45) is 6.41. The lowest BCUT2D eigenvalue weighted by Gasteiger charge is -2.24. The summed E-state index contributed by atoms with van der Waals surface area (Å²) >= 11 is 0. The fourth-order valence-corrected chi connectivity index (χ4v) is 2.87. The van der Waals surface area contributed by atoms with Gasteiger partial charge in [-0.25, -0.2) is 4.98 Å². The maximum absolute atomic E-state index is 11.6. The van der Waals surface area contributed by atoms with Crippen LogP contribution < -0.4 is 9.64 Å². The lowest BCUT2D eigenvalue weighted by atomic mass is 9.98. The summed E-state index contributed by atoms with van der Waals surface area (Å²) in [4.78, 5) is 20.6. The average Bonchev–Trinajstić information content (AvgIpc) is 2.62. The van der Waals surface area contributed by atoms with Crippen LogP contribution in [0.1, 0.15) is 44.9 Å². The highest BCUT2D eigenvalue weighted by molar-refractivity contribution is 5.62. The lowest BCUT2D eigenvalue weighted by molar-refractivity contribution is -0.385. The minimum absolute atomic E-state index is 0.0409. The number of nitrogens with zero attached hydrogens (tertiary/aromatic N) is 6. The van der Waals surface area contributed by atoms with E-state index in [9.17, 15) is 10.1 Å². The van der Waals surface area contributed by atoms with Gasteiger partial charge in [-0.05, 0) is 25.7 Å². The van der Waals surface area contributed by atoms with Gasteiger partial charge >= 0.3 is 5.69 Å². The van der Waals surface area contributed by atoms with E-state index in [0.29, 0.717) is 0 Å². The molecule has 1 aromatic heterocycles. The molecule has 0 atom stereocenters. The fraction of sp³-hybridized carbons (Fsp3) is 0.625. The maximum atomic E-state index is 11.6. The molecule has 0 N–H and O–H groups in total. The van der Waals surface area contributed by atoms with Crippen LogP contribution in [-0.4, -0.2) is 34.1 Å². The van der Waals surface area contributed by atoms with Crippen molar-refractivity contribution in [2.45, 2.75) is 51.0 Å². The Morgan fingerprint density at radius 3 is 2.40 bits per heavy atom. The predicted molar refractivity (Wildman–Crippen MR) is 88.9 cm³/mol. The van der Waals surface area contributed by atoms with Crippen LogP contribution in [-0.2, 0) is 0 Å². The Kier molecular flexibility index (Phi) is 6.90. The monoisotopic (exact) mass is 344 g/mol. The van der Waals surface area contributed by atoms with Crippen molar-refractivity contribution in [3.05, 3.63) is 16.4 Å². The maximum Gasteiger partial charge on any atom is 0.372 e. The molecular formula is C16H20N6O3. The first-order chi connectivity index (χ1) is 12.2. The number of rotatable bonds is 8. The van der Waals surface area contributed by atoms with E-state index >= 15 is 0 Å². The van der Waals surface area contributed by atoms with Crippen molar-refractivity contribution in [2.75, 3.05) is 18.0 Å².